The SMILES string of the molecule is CS(=O)(=O)c1ccc(Cn2c3ccccc3c3c(C(N)=O)cccc32)cc1. The van der Waals surface area contributed by atoms with Crippen molar-refractivity contribution >= 4 is 37.6 Å². The van der Waals surface area contributed by atoms with Crippen LogP contribution in [0.1, 0.15) is 15.9 Å². The molecule has 0 saturated heterocycles. The van der Waals surface area contributed by atoms with Crippen molar-refractivity contribution in [2.24, 2.45) is 5.73 Å². The minimum Gasteiger partial charge on any atom is -0.366 e. The number of rotatable bonds is 4. The molecule has 1 amide bonds. The van der Waals surface area contributed by atoms with Gasteiger partial charge in [0.15, 0.2) is 9.84 Å². The molecular weight excluding hydrogens is 360 g/mol. The summed E-state index contributed by atoms with van der Waals surface area (Å²) in [6.07, 6.45) is 1.19. The Morgan fingerprint density at radius 2 is 1.59 bits per heavy atom. The molecule has 0 spiro atoms. The Hall–Kier alpha value is -3.12. The van der Waals surface area contributed by atoms with Crippen molar-refractivity contribution in [3.05, 3.63) is 77.9 Å². The Kier molecular flexibility index (Phi) is 4.00. The summed E-state index contributed by atoms with van der Waals surface area (Å²) in [7, 11) is -3.22. The largest absolute Gasteiger partial charge is 0.366 e. The lowest BCUT2D eigenvalue weighted by atomic mass is 10.1. The number of amides is 1. The Morgan fingerprint density at radius 1 is 0.926 bits per heavy atom. The first kappa shape index (κ1) is 17.3. The van der Waals surface area contributed by atoms with Crippen LogP contribution in [0.4, 0.5) is 0 Å². The van der Waals surface area contributed by atoms with Crippen LogP contribution in [0.2, 0.25) is 0 Å². The van der Waals surface area contributed by atoms with Gasteiger partial charge in [-0.2, -0.15) is 0 Å². The highest BCUT2D eigenvalue weighted by molar-refractivity contribution is 7.90. The van der Waals surface area contributed by atoms with Crippen LogP contribution in [0.25, 0.3) is 21.8 Å². The second-order valence-corrected chi connectivity index (χ2v) is 8.60. The van der Waals surface area contributed by atoms with Crippen molar-refractivity contribution in [1.29, 1.82) is 0 Å². The molecule has 0 atom stereocenters. The molecule has 1 heterocycles. The van der Waals surface area contributed by atoms with Crippen LogP contribution in [-0.2, 0) is 16.4 Å². The van der Waals surface area contributed by atoms with E-state index in [9.17, 15) is 13.2 Å². The molecule has 27 heavy (non-hydrogen) atoms. The molecule has 4 aromatic rings. The van der Waals surface area contributed by atoms with Gasteiger partial charge in [-0.15, -0.1) is 0 Å². The van der Waals surface area contributed by atoms with E-state index >= 15 is 0 Å². The van der Waals surface area contributed by atoms with E-state index in [0.29, 0.717) is 17.0 Å². The van der Waals surface area contributed by atoms with Crippen LogP contribution in [0, 0.1) is 0 Å². The zero-order valence-electron chi connectivity index (χ0n) is 14.7. The van der Waals surface area contributed by atoms with Gasteiger partial charge in [0.2, 0.25) is 5.91 Å². The van der Waals surface area contributed by atoms with Gasteiger partial charge in [-0.05, 0) is 35.9 Å². The molecule has 0 aliphatic rings. The normalized spacial score (nSPS) is 11.9. The third kappa shape index (κ3) is 2.98. The summed E-state index contributed by atoms with van der Waals surface area (Å²) in [6.45, 7) is 0.552. The predicted octanol–water partition coefficient (Wildman–Crippen LogP) is 3.35. The summed E-state index contributed by atoms with van der Waals surface area (Å²) in [5.74, 6) is -0.457. The molecule has 3 aromatic carbocycles. The van der Waals surface area contributed by atoms with Crippen LogP contribution in [-0.4, -0.2) is 25.1 Å². The fourth-order valence-electron chi connectivity index (χ4n) is 3.50. The zero-order chi connectivity index (χ0) is 19.2. The van der Waals surface area contributed by atoms with E-state index in [4.69, 9.17) is 5.73 Å². The molecular formula is C21H18N2O3S. The number of nitrogens with two attached hydrogens (primary N) is 1. The van der Waals surface area contributed by atoms with Crippen molar-refractivity contribution in [2.75, 3.05) is 6.26 Å². The number of benzene rings is 3. The molecule has 4 rings (SSSR count). The fourth-order valence-corrected chi connectivity index (χ4v) is 4.13. The molecule has 0 aliphatic heterocycles. The van der Waals surface area contributed by atoms with Gasteiger partial charge in [0.05, 0.1) is 10.4 Å². The molecule has 1 aromatic heterocycles. The lowest BCUT2D eigenvalue weighted by Crippen LogP contribution is -2.11. The molecule has 6 heteroatoms. The highest BCUT2D eigenvalue weighted by atomic mass is 32.2. The summed E-state index contributed by atoms with van der Waals surface area (Å²) in [5, 5.41) is 1.81. The highest BCUT2D eigenvalue weighted by Gasteiger charge is 2.16. The molecule has 136 valence electrons. The average molecular weight is 378 g/mol. The summed E-state index contributed by atoms with van der Waals surface area (Å²) >= 11 is 0. The van der Waals surface area contributed by atoms with Crippen LogP contribution < -0.4 is 5.73 Å². The van der Waals surface area contributed by atoms with E-state index < -0.39 is 15.7 Å². The summed E-state index contributed by atoms with van der Waals surface area (Å²) < 4.78 is 25.4. The number of sulfone groups is 1. The first-order valence-electron chi connectivity index (χ1n) is 8.45. The topological polar surface area (TPSA) is 82.2 Å². The Bertz CT molecular complexity index is 1290. The van der Waals surface area contributed by atoms with E-state index in [1.165, 1.54) is 6.26 Å². The molecule has 0 bridgehead atoms. The Balaban J connectivity index is 1.91. The maximum atomic E-state index is 11.9. The first-order chi connectivity index (χ1) is 12.9. The van der Waals surface area contributed by atoms with Gasteiger partial charge < -0.3 is 10.3 Å². The van der Waals surface area contributed by atoms with E-state index in [-0.39, 0.29) is 0 Å². The van der Waals surface area contributed by atoms with Crippen molar-refractivity contribution in [3.63, 3.8) is 0 Å². The molecule has 2 N–H and O–H groups in total. The number of aromatic nitrogens is 1. The standard InChI is InChI=1S/C21H18N2O3S/c1-27(25,26)15-11-9-14(10-12-15)13-23-18-7-3-2-5-16(18)20-17(21(22)24)6-4-8-19(20)23/h2-12H,13H2,1H3,(H2,22,24). The monoisotopic (exact) mass is 378 g/mol. The molecule has 0 saturated carbocycles. The van der Waals surface area contributed by atoms with Gasteiger partial charge in [-0.1, -0.05) is 36.4 Å². The van der Waals surface area contributed by atoms with Crippen LogP contribution >= 0.6 is 0 Å². The molecule has 0 unspecified atom stereocenters. The number of fused-ring (bicyclic) bond motifs is 3. The van der Waals surface area contributed by atoms with Gasteiger partial charge in [0, 0.05) is 34.7 Å². The van der Waals surface area contributed by atoms with Crippen molar-refractivity contribution < 1.29 is 13.2 Å². The maximum absolute atomic E-state index is 11.9. The van der Waals surface area contributed by atoms with Crippen molar-refractivity contribution in [1.82, 2.24) is 4.57 Å². The highest BCUT2D eigenvalue weighted by Crippen LogP contribution is 2.32. The van der Waals surface area contributed by atoms with Crippen molar-refractivity contribution in [2.45, 2.75) is 11.4 Å². The molecule has 0 fully saturated rings. The molecule has 0 radical (unpaired) electrons. The quantitative estimate of drug-likeness (QED) is 0.591. The third-order valence-electron chi connectivity index (χ3n) is 4.76. The first-order valence-corrected chi connectivity index (χ1v) is 10.3. The van der Waals surface area contributed by atoms with E-state index in [1.54, 1.807) is 18.2 Å². The smallest absolute Gasteiger partial charge is 0.249 e. The van der Waals surface area contributed by atoms with Gasteiger partial charge in [0.25, 0.3) is 0 Å². The van der Waals surface area contributed by atoms with Gasteiger partial charge in [0.1, 0.15) is 0 Å². The van der Waals surface area contributed by atoms with Gasteiger partial charge >= 0.3 is 0 Å². The number of carbonyl (C=O) groups excluding carboxylic acids is 1. The predicted molar refractivity (Wildman–Crippen MR) is 107 cm³/mol. The van der Waals surface area contributed by atoms with E-state index in [2.05, 4.69) is 4.57 Å². The second kappa shape index (κ2) is 6.25. The number of nitrogens with zero attached hydrogens (tertiary/aromatic N) is 1. The van der Waals surface area contributed by atoms with Crippen LogP contribution in [0.5, 0.6) is 0 Å². The maximum Gasteiger partial charge on any atom is 0.249 e. The Morgan fingerprint density at radius 3 is 2.26 bits per heavy atom. The van der Waals surface area contributed by atoms with E-state index in [1.807, 2.05) is 48.5 Å². The molecule has 0 aliphatic carbocycles. The van der Waals surface area contributed by atoms with Gasteiger partial charge in [-0.25, -0.2) is 8.42 Å². The molecule has 5 nitrogen and oxygen atoms in total. The number of primary amides is 1. The second-order valence-electron chi connectivity index (χ2n) is 6.58. The third-order valence-corrected chi connectivity index (χ3v) is 5.88. The number of hydrogen-bond donors (Lipinski definition) is 1. The zero-order valence-corrected chi connectivity index (χ0v) is 15.5. The number of para-hydroxylation sites is 1. The van der Waals surface area contributed by atoms with Crippen LogP contribution in [0.15, 0.2) is 71.6 Å². The number of hydrogen-bond acceptors (Lipinski definition) is 3. The number of carbonyl (C=O) groups is 1. The summed E-state index contributed by atoms with van der Waals surface area (Å²) in [4.78, 5) is 12.2. The Labute approximate surface area is 156 Å². The lowest BCUT2D eigenvalue weighted by Gasteiger charge is -2.09. The van der Waals surface area contributed by atoms with Crippen LogP contribution in [0.3, 0.4) is 0 Å². The van der Waals surface area contributed by atoms with Crippen molar-refractivity contribution in [3.8, 4) is 0 Å². The lowest BCUT2D eigenvalue weighted by molar-refractivity contribution is 0.100. The summed E-state index contributed by atoms with van der Waals surface area (Å²) in [5.41, 5.74) is 8.96. The fraction of sp³-hybridized carbons (Fsp3) is 0.0952. The minimum absolute atomic E-state index is 0.296. The van der Waals surface area contributed by atoms with Gasteiger partial charge in [-0.3, -0.25) is 4.79 Å². The average Bonchev–Trinajstić information content (AvgIpc) is 2.96. The minimum atomic E-state index is -3.22. The summed E-state index contributed by atoms with van der Waals surface area (Å²) in [6, 6.07) is 20.3. The van der Waals surface area contributed by atoms with E-state index in [0.717, 1.165) is 27.4 Å².